The summed E-state index contributed by atoms with van der Waals surface area (Å²) in [6, 6.07) is 6.04. The first-order chi connectivity index (χ1) is 10.4. The number of hydrogen-bond donors (Lipinski definition) is 3. The zero-order chi connectivity index (χ0) is 16.3. The molecule has 3 atom stereocenters. The molecule has 0 aromatic heterocycles. The van der Waals surface area contributed by atoms with Gasteiger partial charge in [0.2, 0.25) is 0 Å². The van der Waals surface area contributed by atoms with Crippen molar-refractivity contribution in [3.63, 3.8) is 0 Å². The van der Waals surface area contributed by atoms with Crippen LogP contribution in [-0.2, 0) is 4.79 Å². The number of rotatable bonds is 5. The smallest absolute Gasteiger partial charge is 0.255 e. The number of amides is 1. The van der Waals surface area contributed by atoms with E-state index in [1.54, 1.807) is 7.05 Å². The molecular weight excluding hydrogens is 285 g/mol. The minimum atomic E-state index is -1.25. The summed E-state index contributed by atoms with van der Waals surface area (Å²) in [4.78, 5) is 13.8. The first-order valence-electron chi connectivity index (χ1n) is 7.59. The minimum absolute atomic E-state index is 0.348. The lowest BCUT2D eigenvalue weighted by Gasteiger charge is -2.24. The Labute approximate surface area is 130 Å². The van der Waals surface area contributed by atoms with Gasteiger partial charge >= 0.3 is 0 Å². The van der Waals surface area contributed by atoms with E-state index in [2.05, 4.69) is 24.7 Å². The monoisotopic (exact) mass is 309 g/mol. The lowest BCUT2D eigenvalue weighted by atomic mass is 9.93. The first kappa shape index (κ1) is 16.9. The number of nitrogens with one attached hydrogen (secondary N) is 2. The van der Waals surface area contributed by atoms with Gasteiger partial charge in [0.15, 0.2) is 6.10 Å². The molecule has 6 heteroatoms. The van der Waals surface area contributed by atoms with Crippen LogP contribution in [-0.4, -0.2) is 41.6 Å². The van der Waals surface area contributed by atoms with Crippen molar-refractivity contribution < 1.29 is 14.3 Å². The van der Waals surface area contributed by atoms with Crippen LogP contribution in [0.3, 0.4) is 0 Å². The van der Waals surface area contributed by atoms with Crippen LogP contribution in [0.2, 0.25) is 0 Å². The van der Waals surface area contributed by atoms with E-state index in [0.717, 1.165) is 6.42 Å². The van der Waals surface area contributed by atoms with E-state index < -0.39 is 6.10 Å². The van der Waals surface area contributed by atoms with Gasteiger partial charge in [0.1, 0.15) is 5.82 Å². The van der Waals surface area contributed by atoms with Gasteiger partial charge in [-0.2, -0.15) is 0 Å². The number of nitrogens with zero attached hydrogens (tertiary/aromatic N) is 1. The highest BCUT2D eigenvalue weighted by atomic mass is 19.1. The van der Waals surface area contributed by atoms with Crippen LogP contribution in [0, 0.1) is 11.7 Å². The first-order valence-corrected chi connectivity index (χ1v) is 7.59. The zero-order valence-corrected chi connectivity index (χ0v) is 13.2. The molecule has 1 aromatic carbocycles. The van der Waals surface area contributed by atoms with E-state index in [1.807, 2.05) is 0 Å². The summed E-state index contributed by atoms with van der Waals surface area (Å²) >= 11 is 0. The highest BCUT2D eigenvalue weighted by Gasteiger charge is 2.30. The molecule has 0 bridgehead atoms. The quantitative estimate of drug-likeness (QED) is 0.765. The van der Waals surface area contributed by atoms with Crippen LogP contribution in [0.5, 0.6) is 0 Å². The predicted molar refractivity (Wildman–Crippen MR) is 82.3 cm³/mol. The Morgan fingerprint density at radius 1 is 1.27 bits per heavy atom. The number of carbonyl (C=O) groups excluding carboxylic acids is 1. The molecule has 1 fully saturated rings. The highest BCUT2D eigenvalue weighted by Crippen LogP contribution is 2.20. The molecule has 2 rings (SSSR count). The summed E-state index contributed by atoms with van der Waals surface area (Å²) < 4.78 is 12.9. The highest BCUT2D eigenvalue weighted by molar-refractivity contribution is 5.81. The number of likely N-dealkylation sites (N-methyl/N-ethyl adjacent to an activating group) is 1. The fourth-order valence-corrected chi connectivity index (χ4v) is 2.86. The Kier molecular flexibility index (Phi) is 5.50. The fraction of sp³-hybridized carbons (Fsp3) is 0.562. The number of carbonyl (C=O) groups is 1. The molecule has 1 aromatic rings. The lowest BCUT2D eigenvalue weighted by molar-refractivity contribution is -0.139. The Morgan fingerprint density at radius 3 is 2.36 bits per heavy atom. The molecule has 1 amide bonds. The molecule has 122 valence electrons. The number of hydrogen-bond acceptors (Lipinski definition) is 4. The van der Waals surface area contributed by atoms with Gasteiger partial charge in [-0.3, -0.25) is 15.6 Å². The second-order valence-corrected chi connectivity index (χ2v) is 6.03. The van der Waals surface area contributed by atoms with E-state index in [1.165, 1.54) is 29.2 Å². The second kappa shape index (κ2) is 7.17. The molecule has 0 spiro atoms. The molecule has 0 radical (unpaired) electrons. The Bertz CT molecular complexity index is 499. The minimum Gasteiger partial charge on any atom is -0.378 e. The van der Waals surface area contributed by atoms with Crippen molar-refractivity contribution in [2.75, 3.05) is 13.6 Å². The maximum Gasteiger partial charge on any atom is 0.255 e. The van der Waals surface area contributed by atoms with Crippen molar-refractivity contribution >= 4 is 5.91 Å². The van der Waals surface area contributed by atoms with Gasteiger partial charge in [-0.05, 0) is 43.9 Å². The lowest BCUT2D eigenvalue weighted by Crippen LogP contribution is -2.35. The van der Waals surface area contributed by atoms with Gasteiger partial charge < -0.3 is 10.0 Å². The van der Waals surface area contributed by atoms with Crippen molar-refractivity contribution in [3.8, 4) is 0 Å². The van der Waals surface area contributed by atoms with E-state index in [4.69, 9.17) is 0 Å². The van der Waals surface area contributed by atoms with Gasteiger partial charge in [0.05, 0.1) is 0 Å². The van der Waals surface area contributed by atoms with Gasteiger partial charge in [-0.1, -0.05) is 12.1 Å². The summed E-state index contributed by atoms with van der Waals surface area (Å²) in [5.41, 5.74) is 6.78. The number of halogens is 1. The average molecular weight is 309 g/mol. The molecule has 22 heavy (non-hydrogen) atoms. The molecule has 3 N–H and O–H groups in total. The molecule has 5 nitrogen and oxygen atoms in total. The fourth-order valence-electron chi connectivity index (χ4n) is 2.86. The number of hydrazine groups is 1. The van der Waals surface area contributed by atoms with Gasteiger partial charge in [0.25, 0.3) is 5.91 Å². The second-order valence-electron chi connectivity index (χ2n) is 6.03. The Balaban J connectivity index is 1.90. The normalized spacial score (nSPS) is 26.0. The van der Waals surface area contributed by atoms with Gasteiger partial charge in [-0.15, -0.1) is 0 Å². The van der Waals surface area contributed by atoms with Gasteiger partial charge in [-0.25, -0.2) is 4.39 Å². The third-order valence-electron chi connectivity index (χ3n) is 4.42. The Hall–Kier alpha value is -1.50. The molecule has 1 heterocycles. The third kappa shape index (κ3) is 3.82. The zero-order valence-electron chi connectivity index (χ0n) is 13.2. The largest absolute Gasteiger partial charge is 0.378 e. The third-order valence-corrected chi connectivity index (χ3v) is 4.42. The SMILES string of the molecule is CC1NNC(C)C1CCN(C)C(=O)C(O)c1ccc(F)cc1. The number of benzene rings is 1. The van der Waals surface area contributed by atoms with Crippen LogP contribution in [0.1, 0.15) is 31.9 Å². The maximum atomic E-state index is 12.9. The number of aliphatic hydroxyl groups is 1. The molecular formula is C16H24FN3O2. The number of aliphatic hydroxyl groups excluding tert-OH is 1. The van der Waals surface area contributed by atoms with E-state index in [9.17, 15) is 14.3 Å². The molecule has 1 saturated heterocycles. The topological polar surface area (TPSA) is 64.6 Å². The summed E-state index contributed by atoms with van der Waals surface area (Å²) in [5, 5.41) is 10.1. The van der Waals surface area contributed by atoms with Crippen molar-refractivity contribution in [2.45, 2.75) is 38.5 Å². The Morgan fingerprint density at radius 2 is 1.82 bits per heavy atom. The van der Waals surface area contributed by atoms with Crippen LogP contribution >= 0.6 is 0 Å². The van der Waals surface area contributed by atoms with E-state index >= 15 is 0 Å². The van der Waals surface area contributed by atoms with Crippen LogP contribution in [0.25, 0.3) is 0 Å². The summed E-state index contributed by atoms with van der Waals surface area (Å²) in [6.07, 6.45) is -0.402. The molecule has 0 aliphatic carbocycles. The van der Waals surface area contributed by atoms with Crippen LogP contribution in [0.15, 0.2) is 24.3 Å². The maximum absolute atomic E-state index is 12.9. The summed E-state index contributed by atoms with van der Waals surface area (Å²) in [7, 11) is 1.68. The van der Waals surface area contributed by atoms with Gasteiger partial charge in [0, 0.05) is 25.7 Å². The summed E-state index contributed by atoms with van der Waals surface area (Å²) in [5.74, 6) is -0.329. The average Bonchev–Trinajstić information content (AvgIpc) is 2.83. The van der Waals surface area contributed by atoms with E-state index in [-0.39, 0.29) is 11.7 Å². The van der Waals surface area contributed by atoms with Crippen molar-refractivity contribution in [2.24, 2.45) is 5.92 Å². The predicted octanol–water partition coefficient (Wildman–Crippen LogP) is 1.21. The van der Waals surface area contributed by atoms with Crippen LogP contribution < -0.4 is 10.9 Å². The van der Waals surface area contributed by atoms with Crippen molar-refractivity contribution in [1.82, 2.24) is 15.8 Å². The van der Waals surface area contributed by atoms with Crippen LogP contribution in [0.4, 0.5) is 4.39 Å². The molecule has 1 aliphatic rings. The van der Waals surface area contributed by atoms with Crippen molar-refractivity contribution in [3.05, 3.63) is 35.6 Å². The molecule has 0 saturated carbocycles. The standard InChI is InChI=1S/C16H24FN3O2/c1-10-14(11(2)19-18-10)8-9-20(3)16(22)15(21)12-4-6-13(17)7-5-12/h4-7,10-11,14-15,18-19,21H,8-9H2,1-3H3. The van der Waals surface area contributed by atoms with E-state index in [0.29, 0.717) is 30.1 Å². The molecule has 3 unspecified atom stereocenters. The van der Waals surface area contributed by atoms with Crippen molar-refractivity contribution in [1.29, 1.82) is 0 Å². The summed E-state index contributed by atoms with van der Waals surface area (Å²) in [6.45, 7) is 4.78. The molecule has 1 aliphatic heterocycles.